The summed E-state index contributed by atoms with van der Waals surface area (Å²) in [6.07, 6.45) is 3.05. The minimum absolute atomic E-state index is 0.0793. The van der Waals surface area contributed by atoms with Crippen LogP contribution < -0.4 is 0 Å². The Morgan fingerprint density at radius 1 is 1.04 bits per heavy atom. The first kappa shape index (κ1) is 17.8. The van der Waals surface area contributed by atoms with Gasteiger partial charge >= 0.3 is 0 Å². The SMILES string of the molecule is Cc1oc(-c2ccccc2)nc1CCC(=O)c1ccc(CCC=O)cc1. The van der Waals surface area contributed by atoms with Gasteiger partial charge < -0.3 is 9.21 Å². The number of carbonyl (C=O) groups excluding carboxylic acids is 2. The van der Waals surface area contributed by atoms with E-state index in [4.69, 9.17) is 4.42 Å². The van der Waals surface area contributed by atoms with Crippen molar-refractivity contribution in [3.63, 3.8) is 0 Å². The predicted molar refractivity (Wildman–Crippen MR) is 100 cm³/mol. The fraction of sp³-hybridized carbons (Fsp3) is 0.227. The molecule has 0 saturated carbocycles. The van der Waals surface area contributed by atoms with E-state index in [-0.39, 0.29) is 5.78 Å². The molecule has 26 heavy (non-hydrogen) atoms. The fourth-order valence-corrected chi connectivity index (χ4v) is 2.82. The average molecular weight is 347 g/mol. The van der Waals surface area contributed by atoms with Crippen LogP contribution in [-0.4, -0.2) is 17.1 Å². The zero-order chi connectivity index (χ0) is 18.4. The third kappa shape index (κ3) is 4.33. The maximum atomic E-state index is 12.4. The molecule has 0 aliphatic carbocycles. The summed E-state index contributed by atoms with van der Waals surface area (Å²) in [4.78, 5) is 27.4. The first-order valence-electron chi connectivity index (χ1n) is 8.75. The van der Waals surface area contributed by atoms with Crippen LogP contribution in [0.15, 0.2) is 59.0 Å². The minimum atomic E-state index is 0.0793. The molecule has 0 radical (unpaired) electrons. The van der Waals surface area contributed by atoms with Crippen LogP contribution in [0.3, 0.4) is 0 Å². The van der Waals surface area contributed by atoms with Crippen molar-refractivity contribution in [3.05, 3.63) is 77.2 Å². The minimum Gasteiger partial charge on any atom is -0.441 e. The third-order valence-electron chi connectivity index (χ3n) is 4.33. The smallest absolute Gasteiger partial charge is 0.226 e. The van der Waals surface area contributed by atoms with Crippen LogP contribution in [0.2, 0.25) is 0 Å². The number of Topliss-reactive ketones (excluding diaryl/α,β-unsaturated/α-hetero) is 1. The highest BCUT2D eigenvalue weighted by molar-refractivity contribution is 5.96. The van der Waals surface area contributed by atoms with Gasteiger partial charge in [-0.15, -0.1) is 0 Å². The summed E-state index contributed by atoms with van der Waals surface area (Å²) >= 11 is 0. The summed E-state index contributed by atoms with van der Waals surface area (Å²) in [7, 11) is 0. The van der Waals surface area contributed by atoms with Crippen LogP contribution >= 0.6 is 0 Å². The molecule has 0 bridgehead atoms. The van der Waals surface area contributed by atoms with Crippen LogP contribution in [0, 0.1) is 6.92 Å². The normalized spacial score (nSPS) is 10.7. The standard InChI is InChI=1S/C22H21NO3/c1-16-20(23-22(26-16)19-7-3-2-4-8-19)13-14-21(25)18-11-9-17(10-12-18)6-5-15-24/h2-4,7-12,15H,5-6,13-14H2,1H3. The van der Waals surface area contributed by atoms with Gasteiger partial charge in [0.2, 0.25) is 5.89 Å². The third-order valence-corrected chi connectivity index (χ3v) is 4.33. The molecule has 0 saturated heterocycles. The predicted octanol–water partition coefficient (Wildman–Crippen LogP) is 4.60. The Morgan fingerprint density at radius 2 is 1.77 bits per heavy atom. The summed E-state index contributed by atoms with van der Waals surface area (Å²) in [5, 5.41) is 0. The van der Waals surface area contributed by atoms with E-state index >= 15 is 0 Å². The monoisotopic (exact) mass is 347 g/mol. The second-order valence-corrected chi connectivity index (χ2v) is 6.21. The van der Waals surface area contributed by atoms with E-state index in [0.717, 1.165) is 28.9 Å². The van der Waals surface area contributed by atoms with E-state index in [9.17, 15) is 9.59 Å². The number of aldehydes is 1. The number of aromatic nitrogens is 1. The molecule has 3 rings (SSSR count). The van der Waals surface area contributed by atoms with Crippen molar-refractivity contribution < 1.29 is 14.0 Å². The first-order valence-corrected chi connectivity index (χ1v) is 8.75. The highest BCUT2D eigenvalue weighted by Crippen LogP contribution is 2.22. The van der Waals surface area contributed by atoms with E-state index in [0.29, 0.717) is 37.1 Å². The molecule has 0 unspecified atom stereocenters. The number of carbonyl (C=O) groups is 2. The van der Waals surface area contributed by atoms with Crippen molar-refractivity contribution in [3.8, 4) is 11.5 Å². The van der Waals surface area contributed by atoms with Gasteiger partial charge in [0.1, 0.15) is 12.0 Å². The highest BCUT2D eigenvalue weighted by Gasteiger charge is 2.13. The van der Waals surface area contributed by atoms with Gasteiger partial charge in [-0.25, -0.2) is 4.98 Å². The molecule has 1 heterocycles. The fourth-order valence-electron chi connectivity index (χ4n) is 2.82. The molecule has 1 aromatic heterocycles. The number of rotatable bonds is 8. The summed E-state index contributed by atoms with van der Waals surface area (Å²) in [5.74, 6) is 1.42. The van der Waals surface area contributed by atoms with Gasteiger partial charge in [-0.2, -0.15) is 0 Å². The molecule has 0 N–H and O–H groups in total. The summed E-state index contributed by atoms with van der Waals surface area (Å²) in [6.45, 7) is 1.88. The zero-order valence-corrected chi connectivity index (χ0v) is 14.8. The number of aryl methyl sites for hydroxylation is 3. The lowest BCUT2D eigenvalue weighted by Crippen LogP contribution is -2.02. The lowest BCUT2D eigenvalue weighted by Gasteiger charge is -2.02. The van der Waals surface area contributed by atoms with Gasteiger partial charge in [0, 0.05) is 30.4 Å². The van der Waals surface area contributed by atoms with Crippen molar-refractivity contribution in [2.45, 2.75) is 32.6 Å². The summed E-state index contributed by atoms with van der Waals surface area (Å²) in [5.41, 5.74) is 3.50. The second-order valence-electron chi connectivity index (χ2n) is 6.21. The Kier molecular flexibility index (Phi) is 5.74. The maximum Gasteiger partial charge on any atom is 0.226 e. The van der Waals surface area contributed by atoms with Crippen molar-refractivity contribution >= 4 is 12.1 Å². The van der Waals surface area contributed by atoms with Gasteiger partial charge in [-0.05, 0) is 31.0 Å². The largest absolute Gasteiger partial charge is 0.441 e. The van der Waals surface area contributed by atoms with Crippen molar-refractivity contribution in [1.82, 2.24) is 4.98 Å². The second kappa shape index (κ2) is 8.39. The average Bonchev–Trinajstić information content (AvgIpc) is 3.06. The molecule has 0 amide bonds. The van der Waals surface area contributed by atoms with E-state index < -0.39 is 0 Å². The molecule has 0 aliphatic heterocycles. The van der Waals surface area contributed by atoms with Gasteiger partial charge in [0.25, 0.3) is 0 Å². The zero-order valence-electron chi connectivity index (χ0n) is 14.8. The lowest BCUT2D eigenvalue weighted by atomic mass is 10.0. The Bertz CT molecular complexity index is 880. The lowest BCUT2D eigenvalue weighted by molar-refractivity contribution is -0.107. The number of hydrogen-bond acceptors (Lipinski definition) is 4. The first-order chi connectivity index (χ1) is 12.7. The summed E-state index contributed by atoms with van der Waals surface area (Å²) < 4.78 is 5.74. The molecule has 132 valence electrons. The molecule has 4 nitrogen and oxygen atoms in total. The Hall–Kier alpha value is -3.01. The number of ketones is 1. The van der Waals surface area contributed by atoms with Crippen LogP contribution in [0.25, 0.3) is 11.5 Å². The van der Waals surface area contributed by atoms with Gasteiger partial charge in [-0.1, -0.05) is 42.5 Å². The van der Waals surface area contributed by atoms with Crippen LogP contribution in [0.4, 0.5) is 0 Å². The number of hydrogen-bond donors (Lipinski definition) is 0. The van der Waals surface area contributed by atoms with E-state index in [1.54, 1.807) is 0 Å². The molecule has 0 atom stereocenters. The van der Waals surface area contributed by atoms with Gasteiger partial charge in [0.15, 0.2) is 5.78 Å². The number of oxazole rings is 1. The van der Waals surface area contributed by atoms with E-state index in [1.807, 2.05) is 61.5 Å². The molecule has 0 spiro atoms. The Balaban J connectivity index is 1.63. The van der Waals surface area contributed by atoms with Gasteiger partial charge in [-0.3, -0.25) is 4.79 Å². The molecular weight excluding hydrogens is 326 g/mol. The topological polar surface area (TPSA) is 60.2 Å². The quantitative estimate of drug-likeness (QED) is 0.441. The summed E-state index contributed by atoms with van der Waals surface area (Å²) in [6, 6.07) is 17.2. The van der Waals surface area contributed by atoms with Gasteiger partial charge in [0.05, 0.1) is 5.69 Å². The Morgan fingerprint density at radius 3 is 2.46 bits per heavy atom. The van der Waals surface area contributed by atoms with Crippen LogP contribution in [0.1, 0.15) is 40.2 Å². The molecule has 0 fully saturated rings. The van der Waals surface area contributed by atoms with E-state index in [2.05, 4.69) is 4.98 Å². The highest BCUT2D eigenvalue weighted by atomic mass is 16.4. The van der Waals surface area contributed by atoms with Crippen LogP contribution in [-0.2, 0) is 17.6 Å². The molecule has 2 aromatic carbocycles. The maximum absolute atomic E-state index is 12.4. The van der Waals surface area contributed by atoms with Crippen LogP contribution in [0.5, 0.6) is 0 Å². The Labute approximate surface area is 152 Å². The van der Waals surface area contributed by atoms with Crippen molar-refractivity contribution in [2.24, 2.45) is 0 Å². The number of nitrogens with zero attached hydrogens (tertiary/aromatic N) is 1. The number of benzene rings is 2. The molecular formula is C22H21NO3. The molecule has 4 heteroatoms. The van der Waals surface area contributed by atoms with E-state index in [1.165, 1.54) is 0 Å². The van der Waals surface area contributed by atoms with Crippen molar-refractivity contribution in [2.75, 3.05) is 0 Å². The van der Waals surface area contributed by atoms with Crippen molar-refractivity contribution in [1.29, 1.82) is 0 Å². The molecule has 0 aliphatic rings. The molecule has 3 aromatic rings.